The Balaban J connectivity index is 1.75. The van der Waals surface area contributed by atoms with Crippen molar-refractivity contribution in [2.75, 3.05) is 7.11 Å². The molecule has 1 amide bonds. The summed E-state index contributed by atoms with van der Waals surface area (Å²) in [5, 5.41) is 0. The molecule has 0 atom stereocenters. The Bertz CT molecular complexity index is 1290. The molecule has 3 aromatic rings. The van der Waals surface area contributed by atoms with Gasteiger partial charge in [0.1, 0.15) is 22.6 Å². The zero-order valence-corrected chi connectivity index (χ0v) is 17.9. The molecule has 2 N–H and O–H groups in total. The van der Waals surface area contributed by atoms with E-state index in [4.69, 9.17) is 19.6 Å². The number of hydrogen-bond acceptors (Lipinski definition) is 6. The van der Waals surface area contributed by atoms with Gasteiger partial charge in [-0.3, -0.25) is 4.79 Å². The van der Waals surface area contributed by atoms with Crippen LogP contribution in [0.4, 0.5) is 0 Å². The third kappa shape index (κ3) is 3.71. The quantitative estimate of drug-likeness (QED) is 0.471. The number of carbonyl (C=O) groups is 3. The van der Waals surface area contributed by atoms with E-state index < -0.39 is 23.4 Å². The van der Waals surface area contributed by atoms with Crippen LogP contribution in [0.5, 0.6) is 0 Å². The van der Waals surface area contributed by atoms with Crippen molar-refractivity contribution < 1.29 is 28.3 Å². The van der Waals surface area contributed by atoms with Crippen LogP contribution in [0.2, 0.25) is 0 Å². The smallest absolute Gasteiger partial charge is 0.354 e. The minimum Gasteiger partial charge on any atom is -0.464 e. The number of rotatable bonds is 6. The molecule has 0 saturated carbocycles. The van der Waals surface area contributed by atoms with Crippen molar-refractivity contribution >= 4 is 35.0 Å². The maximum Gasteiger partial charge on any atom is 0.354 e. The van der Waals surface area contributed by atoms with Gasteiger partial charge in [0.2, 0.25) is 0 Å². The number of nitrogens with zero attached hydrogens (tertiary/aromatic N) is 1. The van der Waals surface area contributed by atoms with Crippen LogP contribution in [0.25, 0.3) is 17.2 Å². The zero-order valence-electron chi connectivity index (χ0n) is 17.9. The summed E-state index contributed by atoms with van der Waals surface area (Å²) in [5.41, 5.74) is 7.15. The van der Waals surface area contributed by atoms with Gasteiger partial charge >= 0.3 is 11.9 Å². The van der Waals surface area contributed by atoms with E-state index in [0.717, 1.165) is 5.56 Å². The zero-order chi connectivity index (χ0) is 23.0. The molecular weight excluding hydrogens is 412 g/mol. The number of hydrogen-bond donors (Lipinski definition) is 1. The fourth-order valence-corrected chi connectivity index (χ4v) is 3.78. The monoisotopic (exact) mass is 434 g/mol. The first kappa shape index (κ1) is 21.2. The van der Waals surface area contributed by atoms with Crippen molar-refractivity contribution in [2.45, 2.75) is 26.0 Å². The highest BCUT2D eigenvalue weighted by Crippen LogP contribution is 2.34. The molecule has 0 aliphatic carbocycles. The van der Waals surface area contributed by atoms with E-state index in [1.54, 1.807) is 38.1 Å². The lowest BCUT2D eigenvalue weighted by atomic mass is 9.95. The minimum absolute atomic E-state index is 0.177. The van der Waals surface area contributed by atoms with Gasteiger partial charge < -0.3 is 24.2 Å². The van der Waals surface area contributed by atoms with Crippen molar-refractivity contribution in [1.29, 1.82) is 0 Å². The van der Waals surface area contributed by atoms with Crippen LogP contribution < -0.4 is 5.73 Å². The third-order valence-corrected chi connectivity index (χ3v) is 5.32. The van der Waals surface area contributed by atoms with Crippen LogP contribution in [-0.2, 0) is 25.6 Å². The fourth-order valence-electron chi connectivity index (χ4n) is 3.78. The predicted octanol–water partition coefficient (Wildman–Crippen LogP) is 3.20. The number of amides is 1. The average molecular weight is 434 g/mol. The maximum absolute atomic E-state index is 12.3. The number of carbonyl (C=O) groups excluding carboxylic acids is 3. The second kappa shape index (κ2) is 7.88. The van der Waals surface area contributed by atoms with Gasteiger partial charge in [0, 0.05) is 24.3 Å². The lowest BCUT2D eigenvalue weighted by Gasteiger charge is -2.18. The lowest BCUT2D eigenvalue weighted by Crippen LogP contribution is -2.22. The second-order valence-corrected chi connectivity index (χ2v) is 7.88. The van der Waals surface area contributed by atoms with Crippen LogP contribution in [0.1, 0.15) is 35.7 Å². The van der Waals surface area contributed by atoms with E-state index in [-0.39, 0.29) is 5.57 Å². The normalized spacial score (nSPS) is 15.5. The number of methoxy groups -OCH3 is 1. The van der Waals surface area contributed by atoms with Gasteiger partial charge in [-0.05, 0) is 25.5 Å². The topological polar surface area (TPSA) is 114 Å². The maximum atomic E-state index is 12.3. The Morgan fingerprint density at radius 3 is 2.53 bits per heavy atom. The summed E-state index contributed by atoms with van der Waals surface area (Å²) in [6.45, 7) is 3.80. The van der Waals surface area contributed by atoms with Crippen molar-refractivity contribution in [3.63, 3.8) is 0 Å². The molecule has 0 bridgehead atoms. The Morgan fingerprint density at radius 1 is 1.16 bits per heavy atom. The highest BCUT2D eigenvalue weighted by molar-refractivity contribution is 6.18. The molecule has 1 aliphatic heterocycles. The Kier molecular flexibility index (Phi) is 5.22. The number of benzene rings is 1. The Morgan fingerprint density at radius 2 is 1.88 bits per heavy atom. The summed E-state index contributed by atoms with van der Waals surface area (Å²) in [4.78, 5) is 36.0. The van der Waals surface area contributed by atoms with Gasteiger partial charge in [0.05, 0.1) is 12.6 Å². The first-order chi connectivity index (χ1) is 15.2. The van der Waals surface area contributed by atoms with E-state index in [1.165, 1.54) is 7.11 Å². The Labute approximate surface area is 183 Å². The van der Waals surface area contributed by atoms with Crippen LogP contribution in [-0.4, -0.2) is 35.1 Å². The van der Waals surface area contributed by atoms with E-state index >= 15 is 0 Å². The van der Waals surface area contributed by atoms with Crippen molar-refractivity contribution in [2.24, 2.45) is 5.73 Å². The molecular formula is C24H22N2O6. The van der Waals surface area contributed by atoms with Gasteiger partial charge in [-0.2, -0.15) is 0 Å². The highest BCUT2D eigenvalue weighted by Gasteiger charge is 2.41. The third-order valence-electron chi connectivity index (χ3n) is 5.32. The van der Waals surface area contributed by atoms with Gasteiger partial charge in [-0.1, -0.05) is 36.4 Å². The van der Waals surface area contributed by atoms with E-state index in [1.807, 2.05) is 34.9 Å². The number of fused-ring (bicyclic) bond motifs is 1. The van der Waals surface area contributed by atoms with Crippen LogP contribution >= 0.6 is 0 Å². The molecule has 1 aliphatic rings. The van der Waals surface area contributed by atoms with E-state index in [0.29, 0.717) is 34.7 Å². The van der Waals surface area contributed by atoms with Gasteiger partial charge in [-0.15, -0.1) is 0 Å². The summed E-state index contributed by atoms with van der Waals surface area (Å²) in [7, 11) is 1.33. The molecule has 8 heteroatoms. The highest BCUT2D eigenvalue weighted by atomic mass is 16.6. The van der Waals surface area contributed by atoms with Gasteiger partial charge in [0.25, 0.3) is 5.91 Å². The molecule has 0 saturated heterocycles. The number of nitrogens with two attached hydrogens (primary N) is 1. The number of esters is 2. The number of furan rings is 1. The summed E-state index contributed by atoms with van der Waals surface area (Å²) in [6.07, 6.45) is 3.22. The number of primary amides is 1. The summed E-state index contributed by atoms with van der Waals surface area (Å²) in [5.74, 6) is -1.59. The number of cyclic esters (lactones) is 1. The Hall–Kier alpha value is -4.07. The first-order valence-corrected chi connectivity index (χ1v) is 9.92. The predicted molar refractivity (Wildman–Crippen MR) is 117 cm³/mol. The fraction of sp³-hybridized carbons (Fsp3) is 0.208. The summed E-state index contributed by atoms with van der Waals surface area (Å²) >= 11 is 0. The molecule has 2 aromatic heterocycles. The number of aromatic nitrogens is 1. The molecule has 8 nitrogen and oxygen atoms in total. The molecule has 3 heterocycles. The molecule has 0 spiro atoms. The van der Waals surface area contributed by atoms with Crippen LogP contribution in [0.3, 0.4) is 0 Å². The standard InChI is InChI=1S/C24H22N2O6/c1-24(2)16(20(21(25)27)23(29)32-24)10-9-15-11-17-19(31-15)12-18(22(28)30-3)26(17)13-14-7-5-4-6-8-14/h4-12H,13H2,1-3H3,(H2,25,27)/b10-9+. The van der Waals surface area contributed by atoms with Crippen molar-refractivity contribution in [3.05, 3.63) is 76.7 Å². The molecule has 32 heavy (non-hydrogen) atoms. The molecule has 4 rings (SSSR count). The molecule has 0 unspecified atom stereocenters. The minimum atomic E-state index is -0.995. The first-order valence-electron chi connectivity index (χ1n) is 9.92. The van der Waals surface area contributed by atoms with Crippen molar-refractivity contribution in [1.82, 2.24) is 4.57 Å². The molecule has 0 fully saturated rings. The second-order valence-electron chi connectivity index (χ2n) is 7.88. The molecule has 0 radical (unpaired) electrons. The summed E-state index contributed by atoms with van der Waals surface area (Å²) < 4.78 is 17.9. The molecule has 164 valence electrons. The number of ether oxygens (including phenoxy) is 2. The van der Waals surface area contributed by atoms with Gasteiger partial charge in [-0.25, -0.2) is 9.59 Å². The average Bonchev–Trinajstić information content (AvgIpc) is 3.35. The SMILES string of the molecule is COC(=O)c1cc2oc(/C=C/C3=C(C(N)=O)C(=O)OC3(C)C)cc2n1Cc1ccccc1. The van der Waals surface area contributed by atoms with Gasteiger partial charge in [0.15, 0.2) is 5.58 Å². The van der Waals surface area contributed by atoms with Crippen LogP contribution in [0.15, 0.2) is 64.1 Å². The van der Waals surface area contributed by atoms with Crippen LogP contribution in [0, 0.1) is 0 Å². The largest absolute Gasteiger partial charge is 0.464 e. The lowest BCUT2D eigenvalue weighted by molar-refractivity contribution is -0.145. The van der Waals surface area contributed by atoms with E-state index in [9.17, 15) is 14.4 Å². The molecule has 1 aromatic carbocycles. The van der Waals surface area contributed by atoms with Crippen molar-refractivity contribution in [3.8, 4) is 0 Å². The summed E-state index contributed by atoms with van der Waals surface area (Å²) in [6, 6.07) is 13.1. The van der Waals surface area contributed by atoms with E-state index in [2.05, 4.69) is 0 Å².